The molecule has 1 aromatic rings. The quantitative estimate of drug-likeness (QED) is 0.746. The predicted octanol–water partition coefficient (Wildman–Crippen LogP) is 2.59. The van der Waals surface area contributed by atoms with E-state index in [0.717, 1.165) is 5.56 Å². The Morgan fingerprint density at radius 3 is 2.60 bits per heavy atom. The van der Waals surface area contributed by atoms with Crippen molar-refractivity contribution in [3.8, 4) is 5.75 Å². The summed E-state index contributed by atoms with van der Waals surface area (Å²) in [5.74, 6) is 0.158. The number of halogens is 1. The predicted molar refractivity (Wildman–Crippen MR) is 58.3 cm³/mol. The maximum Gasteiger partial charge on any atom is 0.346 e. The Bertz CT molecular complexity index is 343. The van der Waals surface area contributed by atoms with Crippen molar-refractivity contribution in [3.63, 3.8) is 0 Å². The van der Waals surface area contributed by atoms with Crippen LogP contribution < -0.4 is 4.74 Å². The summed E-state index contributed by atoms with van der Waals surface area (Å²) in [4.78, 5) is 11.1. The topological polar surface area (TPSA) is 35.5 Å². The fourth-order valence-electron chi connectivity index (χ4n) is 1.19. The van der Waals surface area contributed by atoms with E-state index in [0.29, 0.717) is 10.8 Å². The van der Waals surface area contributed by atoms with Crippen molar-refractivity contribution < 1.29 is 14.3 Å². The first-order chi connectivity index (χ1) is 7.02. The van der Waals surface area contributed by atoms with Gasteiger partial charge in [-0.3, -0.25) is 0 Å². The molecule has 0 spiro atoms. The van der Waals surface area contributed by atoms with E-state index in [1.165, 1.54) is 7.11 Å². The van der Waals surface area contributed by atoms with Crippen LogP contribution in [0.25, 0.3) is 0 Å². The molecule has 3 nitrogen and oxygen atoms in total. The maximum absolute atomic E-state index is 11.1. The Morgan fingerprint density at radius 2 is 2.07 bits per heavy atom. The third-order valence-corrected chi connectivity index (χ3v) is 2.08. The first kappa shape index (κ1) is 11.9. The van der Waals surface area contributed by atoms with Crippen molar-refractivity contribution in [2.24, 2.45) is 0 Å². The van der Waals surface area contributed by atoms with Gasteiger partial charge >= 0.3 is 5.97 Å². The molecule has 0 saturated heterocycles. The number of rotatable bonds is 3. The minimum absolute atomic E-state index is 0.410. The number of ether oxygens (including phenoxy) is 2. The molecule has 0 aromatic heterocycles. The summed E-state index contributed by atoms with van der Waals surface area (Å²) in [5.41, 5.74) is 0.981. The minimum atomic E-state index is -0.632. The lowest BCUT2D eigenvalue weighted by atomic mass is 10.2. The molecule has 0 aliphatic heterocycles. The van der Waals surface area contributed by atoms with Gasteiger partial charge < -0.3 is 9.47 Å². The maximum atomic E-state index is 11.1. The van der Waals surface area contributed by atoms with Crippen LogP contribution in [0.3, 0.4) is 0 Å². The summed E-state index contributed by atoms with van der Waals surface area (Å²) >= 11 is 5.85. The standard InChI is InChI=1S/C11H13ClO3/c1-7-4-9(12)6-10(5-7)15-8(2)11(13)14-3/h4-6,8H,1-3H3. The van der Waals surface area contributed by atoms with Gasteiger partial charge in [0, 0.05) is 5.02 Å². The zero-order chi connectivity index (χ0) is 11.4. The lowest BCUT2D eigenvalue weighted by molar-refractivity contribution is -0.147. The van der Waals surface area contributed by atoms with E-state index in [1.807, 2.05) is 19.1 Å². The summed E-state index contributed by atoms with van der Waals surface area (Å²) < 4.78 is 9.92. The highest BCUT2D eigenvalue weighted by molar-refractivity contribution is 6.30. The van der Waals surface area contributed by atoms with E-state index in [-0.39, 0.29) is 0 Å². The van der Waals surface area contributed by atoms with Gasteiger partial charge in [0.25, 0.3) is 0 Å². The lowest BCUT2D eigenvalue weighted by Crippen LogP contribution is -2.24. The van der Waals surface area contributed by atoms with E-state index < -0.39 is 12.1 Å². The minimum Gasteiger partial charge on any atom is -0.479 e. The Balaban J connectivity index is 2.76. The Morgan fingerprint density at radius 1 is 1.40 bits per heavy atom. The molecule has 1 atom stereocenters. The molecule has 0 bridgehead atoms. The molecule has 0 aliphatic rings. The first-order valence-corrected chi connectivity index (χ1v) is 4.92. The van der Waals surface area contributed by atoms with E-state index in [2.05, 4.69) is 4.74 Å². The van der Waals surface area contributed by atoms with Crippen molar-refractivity contribution in [3.05, 3.63) is 28.8 Å². The smallest absolute Gasteiger partial charge is 0.346 e. The molecule has 0 radical (unpaired) electrons. The molecular formula is C11H13ClO3. The lowest BCUT2D eigenvalue weighted by Gasteiger charge is -2.12. The van der Waals surface area contributed by atoms with Gasteiger partial charge in [0.15, 0.2) is 6.10 Å². The Labute approximate surface area is 93.9 Å². The van der Waals surface area contributed by atoms with Gasteiger partial charge in [-0.2, -0.15) is 0 Å². The number of hydrogen-bond donors (Lipinski definition) is 0. The van der Waals surface area contributed by atoms with Gasteiger partial charge in [-0.25, -0.2) is 4.79 Å². The fraction of sp³-hybridized carbons (Fsp3) is 0.364. The second-order valence-electron chi connectivity index (χ2n) is 3.25. The molecular weight excluding hydrogens is 216 g/mol. The van der Waals surface area contributed by atoms with Gasteiger partial charge in [-0.15, -0.1) is 0 Å². The average Bonchev–Trinajstić information content (AvgIpc) is 2.14. The van der Waals surface area contributed by atoms with Gasteiger partial charge in [-0.05, 0) is 37.6 Å². The van der Waals surface area contributed by atoms with Crippen LogP contribution in [-0.4, -0.2) is 19.2 Å². The van der Waals surface area contributed by atoms with Crippen LogP contribution in [0.4, 0.5) is 0 Å². The van der Waals surface area contributed by atoms with Crippen LogP contribution >= 0.6 is 11.6 Å². The molecule has 0 amide bonds. The second-order valence-corrected chi connectivity index (χ2v) is 3.68. The monoisotopic (exact) mass is 228 g/mol. The van der Waals surface area contributed by atoms with E-state index >= 15 is 0 Å². The number of methoxy groups -OCH3 is 1. The number of carbonyl (C=O) groups excluding carboxylic acids is 1. The van der Waals surface area contributed by atoms with Crippen LogP contribution in [0.1, 0.15) is 12.5 Å². The second kappa shape index (κ2) is 5.03. The van der Waals surface area contributed by atoms with Crippen molar-refractivity contribution in [2.75, 3.05) is 7.11 Å². The number of hydrogen-bond acceptors (Lipinski definition) is 3. The zero-order valence-corrected chi connectivity index (χ0v) is 9.67. The van der Waals surface area contributed by atoms with Crippen LogP contribution in [0.2, 0.25) is 5.02 Å². The molecule has 0 saturated carbocycles. The summed E-state index contributed by atoms with van der Waals surface area (Å²) in [6.45, 7) is 3.53. The third kappa shape index (κ3) is 3.44. The van der Waals surface area contributed by atoms with Crippen molar-refractivity contribution >= 4 is 17.6 Å². The largest absolute Gasteiger partial charge is 0.479 e. The van der Waals surface area contributed by atoms with E-state index in [1.54, 1.807) is 13.0 Å². The highest BCUT2D eigenvalue weighted by Gasteiger charge is 2.14. The Hall–Kier alpha value is -1.22. The normalized spacial score (nSPS) is 12.0. The first-order valence-electron chi connectivity index (χ1n) is 4.54. The highest BCUT2D eigenvalue weighted by Crippen LogP contribution is 2.21. The molecule has 0 N–H and O–H groups in total. The number of aryl methyl sites for hydroxylation is 1. The van der Waals surface area contributed by atoms with Crippen LogP contribution in [0.5, 0.6) is 5.75 Å². The van der Waals surface area contributed by atoms with Gasteiger partial charge in [0.05, 0.1) is 7.11 Å². The van der Waals surface area contributed by atoms with E-state index in [4.69, 9.17) is 16.3 Å². The van der Waals surface area contributed by atoms with Gasteiger partial charge in [0.2, 0.25) is 0 Å². The van der Waals surface area contributed by atoms with E-state index in [9.17, 15) is 4.79 Å². The summed E-state index contributed by atoms with van der Waals surface area (Å²) in [5, 5.41) is 0.585. The molecule has 15 heavy (non-hydrogen) atoms. The molecule has 1 aromatic carbocycles. The summed E-state index contributed by atoms with van der Waals surface area (Å²) in [6, 6.07) is 5.29. The average molecular weight is 229 g/mol. The van der Waals surface area contributed by atoms with Gasteiger partial charge in [0.1, 0.15) is 5.75 Å². The highest BCUT2D eigenvalue weighted by atomic mass is 35.5. The van der Waals surface area contributed by atoms with Crippen molar-refractivity contribution in [1.82, 2.24) is 0 Å². The zero-order valence-electron chi connectivity index (χ0n) is 8.91. The molecule has 0 fully saturated rings. The van der Waals surface area contributed by atoms with Crippen LogP contribution in [-0.2, 0) is 9.53 Å². The summed E-state index contributed by atoms with van der Waals surface area (Å²) in [6.07, 6.45) is -0.632. The molecule has 1 unspecified atom stereocenters. The number of esters is 1. The Kier molecular flexibility index (Phi) is 3.97. The SMILES string of the molecule is COC(=O)C(C)Oc1cc(C)cc(Cl)c1. The molecule has 4 heteroatoms. The van der Waals surface area contributed by atoms with Crippen molar-refractivity contribution in [2.45, 2.75) is 20.0 Å². The van der Waals surface area contributed by atoms with Crippen LogP contribution in [0, 0.1) is 6.92 Å². The number of benzene rings is 1. The van der Waals surface area contributed by atoms with Crippen molar-refractivity contribution in [1.29, 1.82) is 0 Å². The van der Waals surface area contributed by atoms with Gasteiger partial charge in [-0.1, -0.05) is 11.6 Å². The fourth-order valence-corrected chi connectivity index (χ4v) is 1.47. The molecule has 1 rings (SSSR count). The van der Waals surface area contributed by atoms with Crippen LogP contribution in [0.15, 0.2) is 18.2 Å². The molecule has 0 aliphatic carbocycles. The third-order valence-electron chi connectivity index (χ3n) is 1.86. The molecule has 82 valence electrons. The molecule has 0 heterocycles. The summed E-state index contributed by atoms with van der Waals surface area (Å²) in [7, 11) is 1.32. The number of carbonyl (C=O) groups is 1.